The molecule has 0 aliphatic heterocycles. The molecule has 7 rings (SSSR count). The van der Waals surface area contributed by atoms with Crippen molar-refractivity contribution in [1.82, 2.24) is 19.9 Å². The summed E-state index contributed by atoms with van der Waals surface area (Å²) in [7, 11) is 0. The standard InChI is InChI=1S/C30H18N4S2/c1-2-6-22-21(5-1)29(25-13-19(9-11-31-25)27-15-35-17-33-27)23-7-3-4-8-24(23)30(22)26-14-20(10-12-32-26)28-16-36-18-34-28/h1-18H. The Balaban J connectivity index is 1.54. The smallest absolute Gasteiger partial charge is 0.0812 e. The summed E-state index contributed by atoms with van der Waals surface area (Å²) >= 11 is 3.20. The third kappa shape index (κ3) is 3.50. The molecule has 0 amide bonds. The average Bonchev–Trinajstić information content (AvgIpc) is 3.67. The minimum absolute atomic E-state index is 0.934. The highest BCUT2D eigenvalue weighted by atomic mass is 32.1. The van der Waals surface area contributed by atoms with Gasteiger partial charge in [-0.15, -0.1) is 22.7 Å². The van der Waals surface area contributed by atoms with Gasteiger partial charge in [0.15, 0.2) is 0 Å². The quantitative estimate of drug-likeness (QED) is 0.229. The van der Waals surface area contributed by atoms with Crippen LogP contribution in [0.2, 0.25) is 0 Å². The molecule has 4 nitrogen and oxygen atoms in total. The normalized spacial score (nSPS) is 11.3. The van der Waals surface area contributed by atoms with E-state index in [0.717, 1.165) is 66.6 Å². The van der Waals surface area contributed by atoms with E-state index in [0.29, 0.717) is 0 Å². The Morgan fingerprint density at radius 3 is 1.22 bits per heavy atom. The molecule has 0 atom stereocenters. The highest BCUT2D eigenvalue weighted by molar-refractivity contribution is 7.08. The van der Waals surface area contributed by atoms with Crippen molar-refractivity contribution in [3.8, 4) is 45.0 Å². The Labute approximate surface area is 215 Å². The number of hydrogen-bond donors (Lipinski definition) is 0. The molecule has 6 heteroatoms. The third-order valence-electron chi connectivity index (χ3n) is 6.42. The molecule has 0 radical (unpaired) electrons. The summed E-state index contributed by atoms with van der Waals surface area (Å²) in [6, 6.07) is 25.4. The molecule has 4 heterocycles. The second kappa shape index (κ2) is 8.75. The van der Waals surface area contributed by atoms with Gasteiger partial charge < -0.3 is 0 Å². The fourth-order valence-corrected chi connectivity index (χ4v) is 5.97. The molecule has 0 saturated heterocycles. The van der Waals surface area contributed by atoms with Gasteiger partial charge in [-0.2, -0.15) is 0 Å². The van der Waals surface area contributed by atoms with E-state index < -0.39 is 0 Å². The van der Waals surface area contributed by atoms with Crippen LogP contribution in [0.5, 0.6) is 0 Å². The number of fused-ring (bicyclic) bond motifs is 2. The molecule has 36 heavy (non-hydrogen) atoms. The highest BCUT2D eigenvalue weighted by Crippen LogP contribution is 2.43. The van der Waals surface area contributed by atoms with E-state index >= 15 is 0 Å². The highest BCUT2D eigenvalue weighted by Gasteiger charge is 2.18. The van der Waals surface area contributed by atoms with Crippen molar-refractivity contribution in [2.24, 2.45) is 0 Å². The van der Waals surface area contributed by atoms with Crippen molar-refractivity contribution in [2.45, 2.75) is 0 Å². The lowest BCUT2D eigenvalue weighted by Gasteiger charge is -2.17. The fourth-order valence-electron chi connectivity index (χ4n) is 4.84. The van der Waals surface area contributed by atoms with E-state index in [1.54, 1.807) is 22.7 Å². The van der Waals surface area contributed by atoms with Gasteiger partial charge in [-0.3, -0.25) is 9.97 Å². The Kier molecular flexibility index (Phi) is 5.12. The van der Waals surface area contributed by atoms with Gasteiger partial charge in [0.1, 0.15) is 0 Å². The van der Waals surface area contributed by atoms with Crippen LogP contribution in [0.4, 0.5) is 0 Å². The number of pyridine rings is 2. The van der Waals surface area contributed by atoms with E-state index in [9.17, 15) is 0 Å². The molecule has 0 unspecified atom stereocenters. The summed E-state index contributed by atoms with van der Waals surface area (Å²) in [5.41, 5.74) is 11.9. The molecule has 0 aliphatic rings. The van der Waals surface area contributed by atoms with Crippen molar-refractivity contribution in [2.75, 3.05) is 0 Å². The van der Waals surface area contributed by atoms with Crippen LogP contribution >= 0.6 is 22.7 Å². The second-order valence-corrected chi connectivity index (χ2v) is 9.89. The number of aromatic nitrogens is 4. The first kappa shape index (κ1) is 21.1. The van der Waals surface area contributed by atoms with Gasteiger partial charge in [0.2, 0.25) is 0 Å². The van der Waals surface area contributed by atoms with Crippen LogP contribution in [0, 0.1) is 0 Å². The van der Waals surface area contributed by atoms with Gasteiger partial charge in [-0.1, -0.05) is 48.5 Å². The van der Waals surface area contributed by atoms with E-state index in [4.69, 9.17) is 9.97 Å². The summed E-state index contributed by atoms with van der Waals surface area (Å²) in [4.78, 5) is 18.7. The average molecular weight is 499 g/mol. The van der Waals surface area contributed by atoms with Gasteiger partial charge in [0.25, 0.3) is 0 Å². The molecular weight excluding hydrogens is 480 g/mol. The Bertz CT molecular complexity index is 1650. The second-order valence-electron chi connectivity index (χ2n) is 8.45. The summed E-state index contributed by atoms with van der Waals surface area (Å²) in [5, 5.41) is 8.73. The number of hydrogen-bond acceptors (Lipinski definition) is 6. The van der Waals surface area contributed by atoms with Crippen molar-refractivity contribution in [3.63, 3.8) is 0 Å². The summed E-state index contributed by atoms with van der Waals surface area (Å²) in [6.07, 6.45) is 3.75. The lowest BCUT2D eigenvalue weighted by atomic mass is 9.88. The van der Waals surface area contributed by atoms with E-state index in [1.807, 2.05) is 35.5 Å². The molecule has 0 saturated carbocycles. The van der Waals surface area contributed by atoms with Gasteiger partial charge in [0, 0.05) is 45.4 Å². The largest absolute Gasteiger partial charge is 0.256 e. The first-order valence-electron chi connectivity index (χ1n) is 11.5. The zero-order chi connectivity index (χ0) is 23.9. The third-order valence-corrected chi connectivity index (χ3v) is 7.59. The lowest BCUT2D eigenvalue weighted by Crippen LogP contribution is -1.94. The van der Waals surface area contributed by atoms with Crippen LogP contribution in [0.3, 0.4) is 0 Å². The molecule has 7 aromatic rings. The molecule has 3 aromatic carbocycles. The first-order chi connectivity index (χ1) is 17.9. The summed E-state index contributed by atoms with van der Waals surface area (Å²) < 4.78 is 0. The van der Waals surface area contributed by atoms with Crippen LogP contribution in [0.15, 0.2) is 107 Å². The molecule has 0 aliphatic carbocycles. The molecule has 0 spiro atoms. The monoisotopic (exact) mass is 498 g/mol. The van der Waals surface area contributed by atoms with Crippen LogP contribution in [-0.2, 0) is 0 Å². The molecule has 0 fully saturated rings. The van der Waals surface area contributed by atoms with Crippen molar-refractivity contribution in [1.29, 1.82) is 0 Å². The topological polar surface area (TPSA) is 51.6 Å². The van der Waals surface area contributed by atoms with Gasteiger partial charge >= 0.3 is 0 Å². The zero-order valence-corrected chi connectivity index (χ0v) is 20.6. The SMILES string of the molecule is c1ccc2c(-c3cc(-c4cscn4)ccn3)c3ccccc3c(-c3cc(-c4cscn4)ccn3)c2c1. The van der Waals surface area contributed by atoms with Crippen molar-refractivity contribution < 1.29 is 0 Å². The maximum Gasteiger partial charge on any atom is 0.0812 e. The van der Waals surface area contributed by atoms with Gasteiger partial charge in [0.05, 0.1) is 33.8 Å². The molecule has 0 N–H and O–H groups in total. The fraction of sp³-hybridized carbons (Fsp3) is 0. The number of benzene rings is 3. The summed E-state index contributed by atoms with van der Waals surface area (Å²) in [6.45, 7) is 0. The maximum atomic E-state index is 4.82. The predicted molar refractivity (Wildman–Crippen MR) is 150 cm³/mol. The first-order valence-corrected chi connectivity index (χ1v) is 13.4. The maximum absolute atomic E-state index is 4.82. The van der Waals surface area contributed by atoms with E-state index in [1.165, 1.54) is 0 Å². The minimum atomic E-state index is 0.934. The number of thiazole rings is 2. The van der Waals surface area contributed by atoms with Gasteiger partial charge in [-0.25, -0.2) is 9.97 Å². The molecule has 0 bridgehead atoms. The van der Waals surface area contributed by atoms with E-state index in [-0.39, 0.29) is 0 Å². The number of rotatable bonds is 4. The Morgan fingerprint density at radius 2 is 0.861 bits per heavy atom. The molecular formula is C30H18N4S2. The summed E-state index contributed by atoms with van der Waals surface area (Å²) in [5.74, 6) is 0. The Morgan fingerprint density at radius 1 is 0.444 bits per heavy atom. The predicted octanol–water partition coefficient (Wildman–Crippen LogP) is 8.36. The minimum Gasteiger partial charge on any atom is -0.256 e. The van der Waals surface area contributed by atoms with Crippen LogP contribution in [0.1, 0.15) is 0 Å². The molecule has 4 aromatic heterocycles. The van der Waals surface area contributed by atoms with E-state index in [2.05, 4.69) is 81.4 Å². The van der Waals surface area contributed by atoms with Crippen LogP contribution in [0.25, 0.3) is 66.6 Å². The molecule has 170 valence electrons. The van der Waals surface area contributed by atoms with Crippen LogP contribution < -0.4 is 0 Å². The van der Waals surface area contributed by atoms with Crippen molar-refractivity contribution in [3.05, 3.63) is 107 Å². The van der Waals surface area contributed by atoms with Gasteiger partial charge in [-0.05, 0) is 45.8 Å². The van der Waals surface area contributed by atoms with Crippen molar-refractivity contribution >= 4 is 44.2 Å². The number of nitrogens with zero attached hydrogens (tertiary/aromatic N) is 4. The van der Waals surface area contributed by atoms with Crippen LogP contribution in [-0.4, -0.2) is 19.9 Å². The lowest BCUT2D eigenvalue weighted by molar-refractivity contribution is 1.31. The Hall–Kier alpha value is -4.26. The zero-order valence-electron chi connectivity index (χ0n) is 19.0.